The van der Waals surface area contributed by atoms with Crippen LogP contribution < -0.4 is 5.32 Å². The Balaban J connectivity index is 2.33. The highest BCUT2D eigenvalue weighted by Crippen LogP contribution is 2.28. The number of carbonyl (C=O) groups is 1. The van der Waals surface area contributed by atoms with Crippen LogP contribution in [0.5, 0.6) is 5.75 Å². The van der Waals surface area contributed by atoms with E-state index in [1.807, 2.05) is 0 Å². The highest BCUT2D eigenvalue weighted by atomic mass is 79.9. The highest BCUT2D eigenvalue weighted by molar-refractivity contribution is 9.10. The molecule has 0 heterocycles. The number of carbonyl (C=O) groups excluding carboxylic acids is 1. The number of phenols is 1. The normalized spacial score (nSPS) is 10.4. The van der Waals surface area contributed by atoms with E-state index in [2.05, 4.69) is 21.2 Å². The molecule has 1 amide bonds. The van der Waals surface area contributed by atoms with Crippen LogP contribution in [0.4, 0.5) is 18.9 Å². The van der Waals surface area contributed by atoms with E-state index in [0.717, 1.165) is 24.3 Å². The molecule has 0 saturated heterocycles. The fraction of sp³-hybridized carbons (Fsp3) is 0. The average Bonchev–Trinajstić information content (AvgIpc) is 2.33. The summed E-state index contributed by atoms with van der Waals surface area (Å²) in [5.41, 5.74) is -0.512. The van der Waals surface area contributed by atoms with Crippen molar-refractivity contribution in [2.75, 3.05) is 5.32 Å². The molecule has 0 unspecified atom stereocenters. The number of nitrogens with one attached hydrogen (secondary N) is 1. The minimum Gasteiger partial charge on any atom is -0.507 e. The van der Waals surface area contributed by atoms with Gasteiger partial charge in [-0.05, 0) is 34.1 Å². The van der Waals surface area contributed by atoms with Gasteiger partial charge in [0.2, 0.25) is 0 Å². The summed E-state index contributed by atoms with van der Waals surface area (Å²) < 4.78 is 39.3. The zero-order valence-corrected chi connectivity index (χ0v) is 11.3. The van der Waals surface area contributed by atoms with E-state index in [-0.39, 0.29) is 15.7 Å². The van der Waals surface area contributed by atoms with Crippen molar-refractivity contribution in [3.8, 4) is 5.75 Å². The van der Waals surface area contributed by atoms with E-state index in [1.54, 1.807) is 0 Å². The molecule has 2 N–H and O–H groups in total. The Labute approximate surface area is 120 Å². The van der Waals surface area contributed by atoms with E-state index < -0.39 is 29.1 Å². The van der Waals surface area contributed by atoms with Gasteiger partial charge in [0.1, 0.15) is 17.4 Å². The summed E-state index contributed by atoms with van der Waals surface area (Å²) in [6.07, 6.45) is 0. The van der Waals surface area contributed by atoms with Gasteiger partial charge in [0, 0.05) is 16.6 Å². The molecule has 2 aromatic rings. The molecule has 2 aromatic carbocycles. The average molecular weight is 346 g/mol. The number of anilines is 1. The molecule has 7 heteroatoms. The van der Waals surface area contributed by atoms with Gasteiger partial charge in [-0.25, -0.2) is 13.2 Å². The van der Waals surface area contributed by atoms with E-state index in [4.69, 9.17) is 0 Å². The van der Waals surface area contributed by atoms with Crippen LogP contribution in [0.25, 0.3) is 0 Å². The minimum absolute atomic E-state index is 0.00458. The lowest BCUT2D eigenvalue weighted by atomic mass is 10.1. The molecule has 0 aliphatic rings. The number of amides is 1. The predicted molar refractivity (Wildman–Crippen MR) is 70.1 cm³/mol. The molecule has 0 aliphatic heterocycles. The monoisotopic (exact) mass is 345 g/mol. The molecular formula is C13H7BrF3NO2. The maximum absolute atomic E-state index is 13.5. The lowest BCUT2D eigenvalue weighted by Gasteiger charge is -2.10. The van der Waals surface area contributed by atoms with E-state index in [1.165, 1.54) is 0 Å². The third kappa shape index (κ3) is 2.93. The van der Waals surface area contributed by atoms with Crippen LogP contribution in [0.2, 0.25) is 0 Å². The van der Waals surface area contributed by atoms with Gasteiger partial charge in [-0.1, -0.05) is 0 Å². The van der Waals surface area contributed by atoms with Gasteiger partial charge >= 0.3 is 0 Å². The van der Waals surface area contributed by atoms with Crippen LogP contribution in [-0.4, -0.2) is 11.0 Å². The molecule has 0 saturated carbocycles. The van der Waals surface area contributed by atoms with Crippen LogP contribution in [0.1, 0.15) is 10.4 Å². The second kappa shape index (κ2) is 5.54. The van der Waals surface area contributed by atoms with Crippen molar-refractivity contribution in [1.29, 1.82) is 0 Å². The molecule has 0 aliphatic carbocycles. The number of rotatable bonds is 2. The molecular weight excluding hydrogens is 339 g/mol. The van der Waals surface area contributed by atoms with Gasteiger partial charge in [-0.2, -0.15) is 0 Å². The van der Waals surface area contributed by atoms with Gasteiger partial charge in [-0.3, -0.25) is 4.79 Å². The Morgan fingerprint density at radius 1 is 1.10 bits per heavy atom. The molecule has 104 valence electrons. The SMILES string of the molecule is O=C(Nc1c(F)cc(F)cc1Br)c1ccc(F)cc1O. The summed E-state index contributed by atoms with van der Waals surface area (Å²) in [6, 6.07) is 4.36. The summed E-state index contributed by atoms with van der Waals surface area (Å²) in [5.74, 6) is -3.94. The van der Waals surface area contributed by atoms with Crippen LogP contribution in [0.3, 0.4) is 0 Å². The predicted octanol–water partition coefficient (Wildman–Crippen LogP) is 3.82. The van der Waals surface area contributed by atoms with Crippen LogP contribution in [-0.2, 0) is 0 Å². The second-order valence-electron chi connectivity index (χ2n) is 3.86. The maximum Gasteiger partial charge on any atom is 0.259 e. The molecule has 20 heavy (non-hydrogen) atoms. The minimum atomic E-state index is -0.980. The van der Waals surface area contributed by atoms with Crippen LogP contribution in [0.15, 0.2) is 34.8 Å². The zero-order valence-electron chi connectivity index (χ0n) is 9.75. The Kier molecular flexibility index (Phi) is 3.99. The smallest absolute Gasteiger partial charge is 0.259 e. The Bertz CT molecular complexity index is 668. The largest absolute Gasteiger partial charge is 0.507 e. The van der Waals surface area contributed by atoms with Crippen molar-refractivity contribution in [1.82, 2.24) is 0 Å². The van der Waals surface area contributed by atoms with Crippen molar-refractivity contribution in [3.05, 3.63) is 57.8 Å². The number of hydrogen-bond acceptors (Lipinski definition) is 2. The summed E-state index contributed by atoms with van der Waals surface area (Å²) in [6.45, 7) is 0. The first-order valence-corrected chi connectivity index (χ1v) is 6.12. The first kappa shape index (κ1) is 14.4. The number of benzene rings is 2. The summed E-state index contributed by atoms with van der Waals surface area (Å²) in [7, 11) is 0. The lowest BCUT2D eigenvalue weighted by molar-refractivity contribution is 0.102. The van der Waals surface area contributed by atoms with Gasteiger partial charge < -0.3 is 10.4 Å². The first-order chi connectivity index (χ1) is 9.38. The maximum atomic E-state index is 13.5. The molecule has 0 fully saturated rings. The second-order valence-corrected chi connectivity index (χ2v) is 4.71. The number of phenolic OH excluding ortho intramolecular Hbond substituents is 1. The van der Waals surface area contributed by atoms with Crippen molar-refractivity contribution >= 4 is 27.5 Å². The molecule has 2 rings (SSSR count). The number of aromatic hydroxyl groups is 1. The molecule has 0 atom stereocenters. The lowest BCUT2D eigenvalue weighted by Crippen LogP contribution is -2.14. The third-order valence-corrected chi connectivity index (χ3v) is 3.08. The Hall–Kier alpha value is -2.02. The standard InChI is InChI=1S/C13H7BrF3NO2/c14-9-3-7(16)4-10(17)12(9)18-13(20)8-2-1-6(15)5-11(8)19/h1-5,19H,(H,18,20). The van der Waals surface area contributed by atoms with Crippen molar-refractivity contribution in [2.45, 2.75) is 0 Å². The zero-order chi connectivity index (χ0) is 14.9. The molecule has 3 nitrogen and oxygen atoms in total. The van der Waals surface area contributed by atoms with E-state index >= 15 is 0 Å². The molecule has 0 aromatic heterocycles. The fourth-order valence-corrected chi connectivity index (χ4v) is 2.05. The van der Waals surface area contributed by atoms with Crippen LogP contribution in [0, 0.1) is 17.5 Å². The van der Waals surface area contributed by atoms with Crippen molar-refractivity contribution < 1.29 is 23.1 Å². The third-order valence-electron chi connectivity index (χ3n) is 2.45. The topological polar surface area (TPSA) is 49.3 Å². The number of halogens is 4. The quantitative estimate of drug-likeness (QED) is 0.869. The van der Waals surface area contributed by atoms with Crippen molar-refractivity contribution in [2.24, 2.45) is 0 Å². The van der Waals surface area contributed by atoms with E-state index in [9.17, 15) is 23.1 Å². The molecule has 0 bridgehead atoms. The Morgan fingerprint density at radius 3 is 2.40 bits per heavy atom. The fourth-order valence-electron chi connectivity index (χ4n) is 1.54. The molecule has 0 spiro atoms. The first-order valence-electron chi connectivity index (χ1n) is 5.33. The van der Waals surface area contributed by atoms with Crippen molar-refractivity contribution in [3.63, 3.8) is 0 Å². The summed E-state index contributed by atoms with van der Waals surface area (Å²) >= 11 is 2.91. The number of hydrogen-bond donors (Lipinski definition) is 2. The molecule has 0 radical (unpaired) electrons. The van der Waals surface area contributed by atoms with Gasteiger partial charge in [0.25, 0.3) is 5.91 Å². The summed E-state index contributed by atoms with van der Waals surface area (Å²) in [4.78, 5) is 11.9. The Morgan fingerprint density at radius 2 is 1.80 bits per heavy atom. The van der Waals surface area contributed by atoms with Gasteiger partial charge in [-0.15, -0.1) is 0 Å². The summed E-state index contributed by atoms with van der Waals surface area (Å²) in [5, 5.41) is 11.6. The van der Waals surface area contributed by atoms with Gasteiger partial charge in [0.15, 0.2) is 5.82 Å². The van der Waals surface area contributed by atoms with Crippen LogP contribution >= 0.6 is 15.9 Å². The highest BCUT2D eigenvalue weighted by Gasteiger charge is 2.16. The van der Waals surface area contributed by atoms with E-state index in [0.29, 0.717) is 6.07 Å². The van der Waals surface area contributed by atoms with Gasteiger partial charge in [0.05, 0.1) is 11.3 Å².